The molecule has 7 nitrogen and oxygen atoms in total. The van der Waals surface area contributed by atoms with Gasteiger partial charge in [0.2, 0.25) is 0 Å². The van der Waals surface area contributed by atoms with Gasteiger partial charge in [-0.05, 0) is 17.7 Å². The van der Waals surface area contributed by atoms with Gasteiger partial charge in [0.05, 0.1) is 12.5 Å². The van der Waals surface area contributed by atoms with Crippen LogP contribution < -0.4 is 10.6 Å². The van der Waals surface area contributed by atoms with Crippen molar-refractivity contribution in [3.8, 4) is 0 Å². The van der Waals surface area contributed by atoms with Crippen molar-refractivity contribution in [3.05, 3.63) is 53.7 Å². The van der Waals surface area contributed by atoms with Crippen LogP contribution in [-0.4, -0.2) is 22.1 Å². The van der Waals surface area contributed by atoms with Crippen molar-refractivity contribution in [3.63, 3.8) is 0 Å². The third-order valence-corrected chi connectivity index (χ3v) is 2.53. The summed E-state index contributed by atoms with van der Waals surface area (Å²) in [4.78, 5) is 25.9. The number of nitrogens with one attached hydrogen (secondary N) is 2. The van der Waals surface area contributed by atoms with E-state index in [0.717, 1.165) is 5.56 Å². The Bertz CT molecular complexity index is 578. The van der Waals surface area contributed by atoms with Crippen LogP contribution in [0.25, 0.3) is 0 Å². The molecule has 0 aliphatic carbocycles. The smallest absolute Gasteiger partial charge is 0.354 e. The molecule has 0 aliphatic rings. The number of pyridine rings is 1. The number of carboxylic acids is 1. The normalized spacial score (nSPS) is 10.0. The number of amides is 2. The number of carboxylic acid groups (broad SMARTS) is 1. The first-order valence-electron chi connectivity index (χ1n) is 5.86. The van der Waals surface area contributed by atoms with Gasteiger partial charge in [-0.2, -0.15) is 0 Å². The minimum Gasteiger partial charge on any atom is -0.477 e. The van der Waals surface area contributed by atoms with E-state index in [1.165, 1.54) is 18.5 Å². The molecule has 2 heterocycles. The fourth-order valence-corrected chi connectivity index (χ4v) is 1.48. The lowest BCUT2D eigenvalue weighted by Crippen LogP contribution is -2.34. The Morgan fingerprint density at radius 3 is 2.45 bits per heavy atom. The van der Waals surface area contributed by atoms with Gasteiger partial charge in [-0.15, -0.1) is 0 Å². The highest BCUT2D eigenvalue weighted by Crippen LogP contribution is 2.01. The van der Waals surface area contributed by atoms with Gasteiger partial charge >= 0.3 is 12.0 Å². The van der Waals surface area contributed by atoms with Gasteiger partial charge in [-0.1, -0.05) is 6.07 Å². The lowest BCUT2D eigenvalue weighted by molar-refractivity contribution is 0.0690. The standard InChI is InChI=1S/C13H13N3O4/c17-12(18)11-2-1-9(5-14-11)6-15-13(19)16-7-10-3-4-20-8-10/h1-5,8H,6-7H2,(H,17,18)(H2,15,16,19). The summed E-state index contributed by atoms with van der Waals surface area (Å²) in [6.07, 6.45) is 4.50. The van der Waals surface area contributed by atoms with Crippen LogP contribution in [-0.2, 0) is 13.1 Å². The summed E-state index contributed by atoms with van der Waals surface area (Å²) < 4.78 is 4.88. The Kier molecular flexibility index (Phi) is 4.33. The number of nitrogens with zero attached hydrogens (tertiary/aromatic N) is 1. The van der Waals surface area contributed by atoms with Crippen molar-refractivity contribution in [2.45, 2.75) is 13.1 Å². The fourth-order valence-electron chi connectivity index (χ4n) is 1.48. The third kappa shape index (κ3) is 3.84. The first kappa shape index (κ1) is 13.6. The number of carbonyl (C=O) groups excluding carboxylic acids is 1. The average Bonchev–Trinajstić information content (AvgIpc) is 2.96. The maximum absolute atomic E-state index is 11.5. The molecule has 2 aromatic rings. The number of carbonyl (C=O) groups is 2. The SMILES string of the molecule is O=C(NCc1ccc(C(=O)O)nc1)NCc1ccoc1. The molecule has 0 bridgehead atoms. The van der Waals surface area contributed by atoms with Crippen LogP contribution in [0, 0.1) is 0 Å². The average molecular weight is 275 g/mol. The topological polar surface area (TPSA) is 104 Å². The summed E-state index contributed by atoms with van der Waals surface area (Å²) in [5.41, 5.74) is 1.55. The molecule has 2 amide bonds. The molecule has 0 unspecified atom stereocenters. The van der Waals surface area contributed by atoms with Crippen molar-refractivity contribution in [2.24, 2.45) is 0 Å². The van der Waals surface area contributed by atoms with Crippen LogP contribution in [0.4, 0.5) is 4.79 Å². The molecule has 0 radical (unpaired) electrons. The maximum Gasteiger partial charge on any atom is 0.354 e. The van der Waals surface area contributed by atoms with Crippen LogP contribution in [0.15, 0.2) is 41.3 Å². The van der Waals surface area contributed by atoms with Crippen molar-refractivity contribution in [1.82, 2.24) is 15.6 Å². The second-order valence-electron chi connectivity index (χ2n) is 4.02. The quantitative estimate of drug-likeness (QED) is 0.764. The number of rotatable bonds is 5. The molecule has 20 heavy (non-hydrogen) atoms. The van der Waals surface area contributed by atoms with E-state index in [2.05, 4.69) is 15.6 Å². The summed E-state index contributed by atoms with van der Waals surface area (Å²) >= 11 is 0. The van der Waals surface area contributed by atoms with Gasteiger partial charge in [-0.3, -0.25) is 0 Å². The molecular weight excluding hydrogens is 262 g/mol. The molecule has 7 heteroatoms. The van der Waals surface area contributed by atoms with E-state index >= 15 is 0 Å². The minimum atomic E-state index is -1.08. The molecule has 0 atom stereocenters. The number of hydrogen-bond acceptors (Lipinski definition) is 4. The third-order valence-electron chi connectivity index (χ3n) is 2.53. The molecule has 0 fully saturated rings. The van der Waals surface area contributed by atoms with E-state index in [0.29, 0.717) is 12.1 Å². The molecule has 0 aromatic carbocycles. The van der Waals surface area contributed by atoms with Gasteiger partial charge in [-0.25, -0.2) is 14.6 Å². The Morgan fingerprint density at radius 1 is 1.15 bits per heavy atom. The van der Waals surface area contributed by atoms with Crippen LogP contribution in [0.3, 0.4) is 0 Å². The highest BCUT2D eigenvalue weighted by molar-refractivity contribution is 5.85. The van der Waals surface area contributed by atoms with E-state index < -0.39 is 5.97 Å². The maximum atomic E-state index is 11.5. The highest BCUT2D eigenvalue weighted by Gasteiger charge is 2.05. The van der Waals surface area contributed by atoms with Gasteiger partial charge in [0.15, 0.2) is 0 Å². The number of furan rings is 1. The molecule has 2 rings (SSSR count). The summed E-state index contributed by atoms with van der Waals surface area (Å²) in [6, 6.07) is 4.43. The Labute approximate surface area is 114 Å². The van der Waals surface area contributed by atoms with E-state index in [-0.39, 0.29) is 18.3 Å². The lowest BCUT2D eigenvalue weighted by atomic mass is 10.2. The number of aromatic carboxylic acids is 1. The summed E-state index contributed by atoms with van der Waals surface area (Å²) in [6.45, 7) is 0.642. The van der Waals surface area contributed by atoms with E-state index in [1.54, 1.807) is 18.4 Å². The van der Waals surface area contributed by atoms with Crippen LogP contribution in [0.5, 0.6) is 0 Å². The predicted molar refractivity (Wildman–Crippen MR) is 69.0 cm³/mol. The van der Waals surface area contributed by atoms with Crippen LogP contribution in [0.2, 0.25) is 0 Å². The van der Waals surface area contributed by atoms with E-state index in [4.69, 9.17) is 9.52 Å². The zero-order valence-corrected chi connectivity index (χ0v) is 10.5. The Balaban J connectivity index is 1.76. The molecule has 0 saturated carbocycles. The molecule has 3 N–H and O–H groups in total. The largest absolute Gasteiger partial charge is 0.477 e. The minimum absolute atomic E-state index is 0.0295. The van der Waals surface area contributed by atoms with Crippen molar-refractivity contribution >= 4 is 12.0 Å². The second kappa shape index (κ2) is 6.37. The monoisotopic (exact) mass is 275 g/mol. The second-order valence-corrected chi connectivity index (χ2v) is 4.02. The molecule has 0 saturated heterocycles. The van der Waals surface area contributed by atoms with Crippen LogP contribution >= 0.6 is 0 Å². The van der Waals surface area contributed by atoms with Crippen molar-refractivity contribution < 1.29 is 19.1 Å². The first-order chi connectivity index (χ1) is 9.65. The van der Waals surface area contributed by atoms with E-state index in [1.807, 2.05) is 0 Å². The molecule has 0 spiro atoms. The first-order valence-corrected chi connectivity index (χ1v) is 5.86. The molecule has 104 valence electrons. The summed E-state index contributed by atoms with van der Waals surface area (Å²) in [7, 11) is 0. The fraction of sp³-hybridized carbons (Fsp3) is 0.154. The van der Waals surface area contributed by atoms with Gasteiger partial charge in [0.25, 0.3) is 0 Å². The summed E-state index contributed by atoms with van der Waals surface area (Å²) in [5, 5.41) is 14.0. The van der Waals surface area contributed by atoms with Gasteiger partial charge in [0.1, 0.15) is 5.69 Å². The van der Waals surface area contributed by atoms with Gasteiger partial charge < -0.3 is 20.2 Å². The zero-order chi connectivity index (χ0) is 14.4. The molecule has 0 aliphatic heterocycles. The predicted octanol–water partition coefficient (Wildman–Crippen LogP) is 1.37. The Morgan fingerprint density at radius 2 is 1.90 bits per heavy atom. The lowest BCUT2D eigenvalue weighted by Gasteiger charge is -2.06. The number of urea groups is 1. The van der Waals surface area contributed by atoms with Crippen LogP contribution in [0.1, 0.15) is 21.6 Å². The van der Waals surface area contributed by atoms with E-state index in [9.17, 15) is 9.59 Å². The highest BCUT2D eigenvalue weighted by atomic mass is 16.4. The Hall–Kier alpha value is -2.83. The van der Waals surface area contributed by atoms with Crippen molar-refractivity contribution in [1.29, 1.82) is 0 Å². The zero-order valence-electron chi connectivity index (χ0n) is 10.5. The molecule has 2 aromatic heterocycles. The molecular formula is C13H13N3O4. The van der Waals surface area contributed by atoms with Gasteiger partial charge in [0, 0.05) is 24.8 Å². The number of aromatic nitrogens is 1. The number of hydrogen-bond donors (Lipinski definition) is 3. The van der Waals surface area contributed by atoms with Crippen molar-refractivity contribution in [2.75, 3.05) is 0 Å². The summed E-state index contributed by atoms with van der Waals surface area (Å²) in [5.74, 6) is -1.08.